The van der Waals surface area contributed by atoms with Crippen LogP contribution >= 0.6 is 0 Å². The van der Waals surface area contributed by atoms with Gasteiger partial charge in [0.15, 0.2) is 12.0 Å². The number of hydrogen-bond donors (Lipinski definition) is 0. The number of aromatic nitrogens is 3. The predicted molar refractivity (Wildman–Crippen MR) is 62.6 cm³/mol. The minimum Gasteiger partial charge on any atom is -0.479 e. The van der Waals surface area contributed by atoms with E-state index in [9.17, 15) is 4.79 Å². The predicted octanol–water partition coefficient (Wildman–Crippen LogP) is 1.81. The van der Waals surface area contributed by atoms with Crippen LogP contribution in [0, 0.1) is 0 Å². The topological polar surface area (TPSA) is 69.6 Å². The van der Waals surface area contributed by atoms with Crippen molar-refractivity contribution in [3.05, 3.63) is 36.2 Å². The van der Waals surface area contributed by atoms with Crippen LogP contribution < -0.4 is 4.74 Å². The number of fused-ring (bicyclic) bond motifs is 1. The fourth-order valence-electron chi connectivity index (χ4n) is 1.72. The van der Waals surface area contributed by atoms with E-state index in [-0.39, 0.29) is 0 Å². The summed E-state index contributed by atoms with van der Waals surface area (Å²) in [5, 5.41) is 3.71. The molecule has 0 N–H and O–H groups in total. The number of carbonyl (C=O) groups excluding carboxylic acids is 1. The van der Waals surface area contributed by atoms with E-state index >= 15 is 0 Å². The van der Waals surface area contributed by atoms with E-state index in [0.717, 1.165) is 6.29 Å². The van der Waals surface area contributed by atoms with Gasteiger partial charge in [-0.1, -0.05) is 0 Å². The lowest BCUT2D eigenvalue weighted by Crippen LogP contribution is -1.88. The van der Waals surface area contributed by atoms with Gasteiger partial charge in [-0.05, 0) is 17.3 Å². The van der Waals surface area contributed by atoms with Crippen molar-refractivity contribution in [2.45, 2.75) is 0 Å². The average molecular weight is 243 g/mol. The van der Waals surface area contributed by atoms with E-state index in [4.69, 9.17) is 9.26 Å². The van der Waals surface area contributed by atoms with Crippen LogP contribution in [0.25, 0.3) is 17.1 Å². The number of carbonyl (C=O) groups is 1. The molecule has 0 aromatic carbocycles. The largest absolute Gasteiger partial charge is 0.479 e. The van der Waals surface area contributed by atoms with Gasteiger partial charge >= 0.3 is 0 Å². The van der Waals surface area contributed by atoms with Gasteiger partial charge in [0.2, 0.25) is 0 Å². The molecule has 6 heteroatoms. The molecule has 0 aliphatic carbocycles. The van der Waals surface area contributed by atoms with E-state index < -0.39 is 0 Å². The molecule has 0 saturated heterocycles. The molecule has 0 saturated carbocycles. The van der Waals surface area contributed by atoms with Gasteiger partial charge in [-0.15, -0.1) is 0 Å². The number of rotatable bonds is 3. The summed E-state index contributed by atoms with van der Waals surface area (Å²) in [5.41, 5.74) is 1.70. The Kier molecular flexibility index (Phi) is 2.33. The van der Waals surface area contributed by atoms with Gasteiger partial charge in [0.25, 0.3) is 5.88 Å². The Morgan fingerprint density at radius 2 is 2.39 bits per heavy atom. The van der Waals surface area contributed by atoms with E-state index in [2.05, 4.69) is 10.1 Å². The van der Waals surface area contributed by atoms with Crippen LogP contribution in [-0.2, 0) is 0 Å². The van der Waals surface area contributed by atoms with E-state index in [0.29, 0.717) is 28.5 Å². The molecule has 0 radical (unpaired) electrons. The van der Waals surface area contributed by atoms with Gasteiger partial charge in [-0.3, -0.25) is 4.79 Å². The fraction of sp³-hybridized carbons (Fsp3) is 0.0833. The third-order valence-electron chi connectivity index (χ3n) is 2.59. The van der Waals surface area contributed by atoms with Crippen LogP contribution in [0.5, 0.6) is 5.88 Å². The minimum atomic E-state index is 0.387. The Bertz CT molecular complexity index is 714. The van der Waals surface area contributed by atoms with Gasteiger partial charge in [-0.2, -0.15) is 0 Å². The van der Waals surface area contributed by atoms with Crippen molar-refractivity contribution in [1.82, 2.24) is 14.5 Å². The molecule has 0 aliphatic heterocycles. The number of hydrogen-bond acceptors (Lipinski definition) is 5. The number of imidazole rings is 1. The van der Waals surface area contributed by atoms with Crippen molar-refractivity contribution < 1.29 is 14.1 Å². The molecule has 0 atom stereocenters. The first-order chi connectivity index (χ1) is 8.81. The summed E-state index contributed by atoms with van der Waals surface area (Å²) in [6, 6.07) is 5.13. The van der Waals surface area contributed by atoms with E-state index in [1.54, 1.807) is 28.8 Å². The standard InChI is InChI=1S/C12H9N3O3/c1-17-11-5-10(18-14-11)9-6-15-4-2-3-8(7-16)12(15)13-9/h2-7H,1H3. The first kappa shape index (κ1) is 10.5. The Morgan fingerprint density at radius 3 is 3.11 bits per heavy atom. The van der Waals surface area contributed by atoms with Crippen molar-refractivity contribution in [3.8, 4) is 17.3 Å². The molecule has 3 aromatic rings. The Balaban J connectivity index is 2.15. The number of ether oxygens (including phenoxy) is 1. The molecule has 0 bridgehead atoms. The number of pyridine rings is 1. The zero-order valence-electron chi connectivity index (χ0n) is 9.53. The van der Waals surface area contributed by atoms with E-state index in [1.807, 2.05) is 6.20 Å². The van der Waals surface area contributed by atoms with Crippen LogP contribution in [-0.4, -0.2) is 27.9 Å². The highest BCUT2D eigenvalue weighted by Crippen LogP contribution is 2.23. The molecule has 0 spiro atoms. The van der Waals surface area contributed by atoms with Crippen molar-refractivity contribution >= 4 is 11.9 Å². The first-order valence-corrected chi connectivity index (χ1v) is 5.26. The lowest BCUT2D eigenvalue weighted by Gasteiger charge is -1.93. The van der Waals surface area contributed by atoms with Gasteiger partial charge in [0.1, 0.15) is 11.3 Å². The molecule has 6 nitrogen and oxygen atoms in total. The zero-order chi connectivity index (χ0) is 12.5. The number of nitrogens with zero attached hydrogens (tertiary/aromatic N) is 3. The Labute approximate surface area is 102 Å². The molecule has 0 aliphatic rings. The second kappa shape index (κ2) is 3.99. The maximum atomic E-state index is 10.9. The highest BCUT2D eigenvalue weighted by molar-refractivity contribution is 5.84. The summed E-state index contributed by atoms with van der Waals surface area (Å²) >= 11 is 0. The molecular weight excluding hydrogens is 234 g/mol. The molecular formula is C12H9N3O3. The quantitative estimate of drug-likeness (QED) is 0.656. The van der Waals surface area contributed by atoms with E-state index in [1.165, 1.54) is 7.11 Å². The van der Waals surface area contributed by atoms with Crippen LogP contribution in [0.2, 0.25) is 0 Å². The maximum Gasteiger partial charge on any atom is 0.254 e. The van der Waals surface area contributed by atoms with Crippen molar-refractivity contribution in [2.75, 3.05) is 7.11 Å². The first-order valence-electron chi connectivity index (χ1n) is 5.26. The second-order valence-electron chi connectivity index (χ2n) is 3.67. The molecule has 0 unspecified atom stereocenters. The molecule has 3 rings (SSSR count). The SMILES string of the molecule is COc1cc(-c2cn3cccc(C=O)c3n2)on1. The lowest BCUT2D eigenvalue weighted by atomic mass is 10.3. The zero-order valence-corrected chi connectivity index (χ0v) is 9.53. The Morgan fingerprint density at radius 1 is 1.50 bits per heavy atom. The van der Waals surface area contributed by atoms with Crippen molar-refractivity contribution in [3.63, 3.8) is 0 Å². The summed E-state index contributed by atoms with van der Waals surface area (Å²) in [6.07, 6.45) is 4.35. The second-order valence-corrected chi connectivity index (χ2v) is 3.67. The molecule has 0 fully saturated rings. The molecule has 3 aromatic heterocycles. The third kappa shape index (κ3) is 1.55. The minimum absolute atomic E-state index is 0.387. The van der Waals surface area contributed by atoms with Gasteiger partial charge in [0, 0.05) is 12.4 Å². The highest BCUT2D eigenvalue weighted by Gasteiger charge is 2.12. The molecule has 0 amide bonds. The summed E-state index contributed by atoms with van der Waals surface area (Å²) in [4.78, 5) is 15.3. The molecule has 90 valence electrons. The lowest BCUT2D eigenvalue weighted by molar-refractivity contribution is 0.112. The van der Waals surface area contributed by atoms with Crippen LogP contribution in [0.1, 0.15) is 10.4 Å². The number of aldehydes is 1. The maximum absolute atomic E-state index is 10.9. The van der Waals surface area contributed by atoms with Crippen LogP contribution in [0.15, 0.2) is 35.1 Å². The summed E-state index contributed by atoms with van der Waals surface area (Å²) in [6.45, 7) is 0. The average Bonchev–Trinajstić information content (AvgIpc) is 3.03. The summed E-state index contributed by atoms with van der Waals surface area (Å²) in [7, 11) is 1.51. The van der Waals surface area contributed by atoms with Crippen LogP contribution in [0.3, 0.4) is 0 Å². The molecule has 18 heavy (non-hydrogen) atoms. The normalized spacial score (nSPS) is 10.7. The van der Waals surface area contributed by atoms with Gasteiger partial charge in [-0.25, -0.2) is 4.98 Å². The summed E-state index contributed by atoms with van der Waals surface area (Å²) < 4.78 is 11.8. The van der Waals surface area contributed by atoms with Gasteiger partial charge in [0.05, 0.1) is 18.7 Å². The Hall–Kier alpha value is -2.63. The van der Waals surface area contributed by atoms with Crippen molar-refractivity contribution in [1.29, 1.82) is 0 Å². The monoisotopic (exact) mass is 243 g/mol. The highest BCUT2D eigenvalue weighted by atomic mass is 16.5. The smallest absolute Gasteiger partial charge is 0.254 e. The van der Waals surface area contributed by atoms with Gasteiger partial charge < -0.3 is 13.7 Å². The van der Waals surface area contributed by atoms with Crippen LogP contribution in [0.4, 0.5) is 0 Å². The van der Waals surface area contributed by atoms with Crippen molar-refractivity contribution in [2.24, 2.45) is 0 Å². The summed E-state index contributed by atoms with van der Waals surface area (Å²) in [5.74, 6) is 0.880. The number of methoxy groups -OCH3 is 1. The fourth-order valence-corrected chi connectivity index (χ4v) is 1.72. The third-order valence-corrected chi connectivity index (χ3v) is 2.59. The molecule has 3 heterocycles.